The molecule has 0 fully saturated rings. The van der Waals surface area contributed by atoms with Gasteiger partial charge in [0.25, 0.3) is 0 Å². The van der Waals surface area contributed by atoms with Crippen LogP contribution < -0.4 is 5.73 Å². The molecular weight excluding hydrogens is 182 g/mol. The van der Waals surface area contributed by atoms with Crippen molar-refractivity contribution in [3.05, 3.63) is 35.2 Å². The maximum absolute atomic E-state index is 8.90. The molecule has 0 radical (unpaired) electrons. The Morgan fingerprint density at radius 3 is 2.85 bits per heavy atom. The Labute approximate surface area is 80.6 Å². The van der Waals surface area contributed by atoms with E-state index in [4.69, 9.17) is 10.8 Å². The summed E-state index contributed by atoms with van der Waals surface area (Å²) >= 11 is 1.64. The highest BCUT2D eigenvalue weighted by atomic mass is 32.1. The zero-order chi connectivity index (χ0) is 9.26. The first kappa shape index (κ1) is 8.69. The van der Waals surface area contributed by atoms with Crippen LogP contribution in [0.3, 0.4) is 0 Å². The van der Waals surface area contributed by atoms with Gasteiger partial charge in [0.1, 0.15) is 0 Å². The highest BCUT2D eigenvalue weighted by Crippen LogP contribution is 2.28. The summed E-state index contributed by atoms with van der Waals surface area (Å²) in [5.41, 5.74) is 5.72. The van der Waals surface area contributed by atoms with E-state index in [1.807, 2.05) is 18.2 Å². The van der Waals surface area contributed by atoms with E-state index in [2.05, 4.69) is 12.1 Å². The van der Waals surface area contributed by atoms with Crippen LogP contribution in [-0.4, -0.2) is 11.7 Å². The smallest absolute Gasteiger partial charge is 0.0632 e. The van der Waals surface area contributed by atoms with Crippen LogP contribution in [0.5, 0.6) is 0 Å². The van der Waals surface area contributed by atoms with Gasteiger partial charge in [0.2, 0.25) is 0 Å². The van der Waals surface area contributed by atoms with Crippen LogP contribution in [0.15, 0.2) is 30.3 Å². The molecule has 0 aliphatic heterocycles. The van der Waals surface area contributed by atoms with Crippen LogP contribution in [0.4, 0.5) is 0 Å². The molecule has 0 saturated heterocycles. The molecule has 2 rings (SSSR count). The minimum Gasteiger partial charge on any atom is -0.394 e. The van der Waals surface area contributed by atoms with E-state index in [9.17, 15) is 0 Å². The van der Waals surface area contributed by atoms with Crippen molar-refractivity contribution in [1.29, 1.82) is 0 Å². The lowest BCUT2D eigenvalue weighted by Crippen LogP contribution is -2.12. The minimum atomic E-state index is -0.239. The molecule has 0 amide bonds. The van der Waals surface area contributed by atoms with Crippen molar-refractivity contribution in [2.24, 2.45) is 5.73 Å². The topological polar surface area (TPSA) is 46.2 Å². The Bertz CT molecular complexity index is 377. The number of aliphatic hydroxyl groups is 1. The molecule has 0 aliphatic carbocycles. The van der Waals surface area contributed by atoms with E-state index in [0.717, 1.165) is 4.88 Å². The predicted molar refractivity (Wildman–Crippen MR) is 55.8 cm³/mol. The summed E-state index contributed by atoms with van der Waals surface area (Å²) in [7, 11) is 0. The molecular formula is C10H11NOS. The number of rotatable bonds is 2. The standard InChI is InChI=1S/C10H11NOS/c11-8(6-12)10-5-7-3-1-2-4-9(7)13-10/h1-5,8,12H,6,11H2/t8-/m1/s1. The van der Waals surface area contributed by atoms with Crippen LogP contribution in [0, 0.1) is 0 Å². The maximum Gasteiger partial charge on any atom is 0.0632 e. The summed E-state index contributed by atoms with van der Waals surface area (Å²) in [5, 5.41) is 10.1. The fourth-order valence-corrected chi connectivity index (χ4v) is 2.33. The molecule has 1 aromatic carbocycles. The summed E-state index contributed by atoms with van der Waals surface area (Å²) in [4.78, 5) is 1.05. The van der Waals surface area contributed by atoms with E-state index in [1.165, 1.54) is 10.1 Å². The third-order valence-electron chi connectivity index (χ3n) is 2.01. The van der Waals surface area contributed by atoms with Crippen LogP contribution in [-0.2, 0) is 0 Å². The van der Waals surface area contributed by atoms with Gasteiger partial charge in [-0.1, -0.05) is 18.2 Å². The van der Waals surface area contributed by atoms with Gasteiger partial charge in [-0.25, -0.2) is 0 Å². The first-order valence-corrected chi connectivity index (χ1v) is 4.98. The third kappa shape index (κ3) is 1.58. The zero-order valence-electron chi connectivity index (χ0n) is 7.10. The van der Waals surface area contributed by atoms with Gasteiger partial charge in [-0.15, -0.1) is 11.3 Å². The fourth-order valence-electron chi connectivity index (χ4n) is 1.28. The lowest BCUT2D eigenvalue weighted by molar-refractivity contribution is 0.269. The summed E-state index contributed by atoms with van der Waals surface area (Å²) in [6.07, 6.45) is 0. The third-order valence-corrected chi connectivity index (χ3v) is 3.25. The Balaban J connectivity index is 2.49. The first-order chi connectivity index (χ1) is 6.31. The number of fused-ring (bicyclic) bond motifs is 1. The number of hydrogen-bond donors (Lipinski definition) is 2. The summed E-state index contributed by atoms with van der Waals surface area (Å²) in [6.45, 7) is 0.00677. The lowest BCUT2D eigenvalue weighted by atomic mass is 10.2. The predicted octanol–water partition coefficient (Wildman–Crippen LogP) is 1.89. The average molecular weight is 193 g/mol. The number of hydrogen-bond acceptors (Lipinski definition) is 3. The largest absolute Gasteiger partial charge is 0.394 e. The molecule has 0 unspecified atom stereocenters. The van der Waals surface area contributed by atoms with E-state index in [0.29, 0.717) is 0 Å². The van der Waals surface area contributed by atoms with Gasteiger partial charge in [-0.05, 0) is 17.5 Å². The average Bonchev–Trinajstić information content (AvgIpc) is 2.59. The van der Waals surface area contributed by atoms with Crippen molar-refractivity contribution < 1.29 is 5.11 Å². The van der Waals surface area contributed by atoms with Gasteiger partial charge in [0.05, 0.1) is 12.6 Å². The van der Waals surface area contributed by atoms with E-state index >= 15 is 0 Å². The minimum absolute atomic E-state index is 0.00677. The second-order valence-corrected chi connectivity index (χ2v) is 4.09. The molecule has 13 heavy (non-hydrogen) atoms. The molecule has 3 N–H and O–H groups in total. The summed E-state index contributed by atoms with van der Waals surface area (Å²) in [6, 6.07) is 9.93. The van der Waals surface area contributed by atoms with Gasteiger partial charge in [0, 0.05) is 9.58 Å². The van der Waals surface area contributed by atoms with Crippen LogP contribution in [0.2, 0.25) is 0 Å². The first-order valence-electron chi connectivity index (χ1n) is 4.16. The highest BCUT2D eigenvalue weighted by Gasteiger charge is 2.07. The van der Waals surface area contributed by atoms with Gasteiger partial charge in [0.15, 0.2) is 0 Å². The van der Waals surface area contributed by atoms with Crippen molar-refractivity contribution in [1.82, 2.24) is 0 Å². The van der Waals surface area contributed by atoms with Crippen molar-refractivity contribution in [3.63, 3.8) is 0 Å². The molecule has 0 bridgehead atoms. The van der Waals surface area contributed by atoms with Gasteiger partial charge >= 0.3 is 0 Å². The molecule has 2 aromatic rings. The number of nitrogens with two attached hydrogens (primary N) is 1. The lowest BCUT2D eigenvalue weighted by Gasteiger charge is -2.02. The monoisotopic (exact) mass is 193 g/mol. The fraction of sp³-hybridized carbons (Fsp3) is 0.200. The second-order valence-electron chi connectivity index (χ2n) is 2.98. The Morgan fingerprint density at radius 2 is 2.15 bits per heavy atom. The highest BCUT2D eigenvalue weighted by molar-refractivity contribution is 7.19. The van der Waals surface area contributed by atoms with Crippen molar-refractivity contribution in [2.45, 2.75) is 6.04 Å². The van der Waals surface area contributed by atoms with E-state index in [-0.39, 0.29) is 12.6 Å². The van der Waals surface area contributed by atoms with Gasteiger partial charge < -0.3 is 10.8 Å². The quantitative estimate of drug-likeness (QED) is 0.765. The van der Waals surface area contributed by atoms with Crippen LogP contribution >= 0.6 is 11.3 Å². The Morgan fingerprint density at radius 1 is 1.38 bits per heavy atom. The van der Waals surface area contributed by atoms with E-state index < -0.39 is 0 Å². The Hall–Kier alpha value is -0.900. The molecule has 0 saturated carbocycles. The molecule has 1 atom stereocenters. The van der Waals surface area contributed by atoms with Gasteiger partial charge in [-0.3, -0.25) is 0 Å². The van der Waals surface area contributed by atoms with Crippen molar-refractivity contribution in [3.8, 4) is 0 Å². The summed E-state index contributed by atoms with van der Waals surface area (Å²) in [5.74, 6) is 0. The Kier molecular flexibility index (Phi) is 2.31. The number of aliphatic hydroxyl groups excluding tert-OH is 1. The molecule has 3 heteroatoms. The number of thiophene rings is 1. The molecule has 1 heterocycles. The zero-order valence-corrected chi connectivity index (χ0v) is 7.92. The molecule has 0 aliphatic rings. The van der Waals surface area contributed by atoms with Crippen LogP contribution in [0.25, 0.3) is 10.1 Å². The molecule has 1 aromatic heterocycles. The normalized spacial score (nSPS) is 13.4. The second kappa shape index (κ2) is 3.46. The maximum atomic E-state index is 8.90. The SMILES string of the molecule is N[C@H](CO)c1cc2ccccc2s1. The van der Waals surface area contributed by atoms with E-state index in [1.54, 1.807) is 11.3 Å². The van der Waals surface area contributed by atoms with Crippen LogP contribution in [0.1, 0.15) is 10.9 Å². The summed E-state index contributed by atoms with van der Waals surface area (Å²) < 4.78 is 1.22. The van der Waals surface area contributed by atoms with Gasteiger partial charge in [-0.2, -0.15) is 0 Å². The van der Waals surface area contributed by atoms with Crippen molar-refractivity contribution in [2.75, 3.05) is 6.61 Å². The molecule has 2 nitrogen and oxygen atoms in total. The number of benzene rings is 1. The van der Waals surface area contributed by atoms with Crippen molar-refractivity contribution >= 4 is 21.4 Å². The molecule has 0 spiro atoms. The molecule has 68 valence electrons.